The third kappa shape index (κ3) is 2.22. The van der Waals surface area contributed by atoms with Crippen molar-refractivity contribution in [3.05, 3.63) is 60.4 Å². The summed E-state index contributed by atoms with van der Waals surface area (Å²) in [4.78, 5) is 3.99. The van der Waals surface area contributed by atoms with Crippen LogP contribution in [0.2, 0.25) is 0 Å². The van der Waals surface area contributed by atoms with Crippen LogP contribution in [0, 0.1) is 11.6 Å². The second-order valence-corrected chi connectivity index (χ2v) is 4.03. The van der Waals surface area contributed by atoms with Crippen LogP contribution < -0.4 is 0 Å². The molecule has 3 aromatic rings. The number of hydrogen-bond acceptors (Lipinski definition) is 2. The summed E-state index contributed by atoms with van der Waals surface area (Å²) in [6, 6.07) is 8.60. The molecule has 0 amide bonds. The maximum atomic E-state index is 13.6. The van der Waals surface area contributed by atoms with Crippen molar-refractivity contribution in [2.24, 2.45) is 0 Å². The van der Waals surface area contributed by atoms with E-state index in [-0.39, 0.29) is 5.56 Å². The van der Waals surface area contributed by atoms with Gasteiger partial charge < -0.3 is 0 Å². The van der Waals surface area contributed by atoms with Gasteiger partial charge in [0.15, 0.2) is 0 Å². The molecule has 0 aliphatic heterocycles. The highest BCUT2D eigenvalue weighted by Gasteiger charge is 2.10. The van der Waals surface area contributed by atoms with E-state index < -0.39 is 11.6 Å². The average Bonchev–Trinajstić information content (AvgIpc) is 2.92. The molecule has 3 nitrogen and oxygen atoms in total. The predicted octanol–water partition coefficient (Wildman–Crippen LogP) is 3.42. The summed E-state index contributed by atoms with van der Waals surface area (Å²) in [7, 11) is 0. The first-order valence-electron chi connectivity index (χ1n) is 5.65. The van der Waals surface area contributed by atoms with Crippen LogP contribution in [0.25, 0.3) is 22.5 Å². The van der Waals surface area contributed by atoms with Gasteiger partial charge in [0.1, 0.15) is 11.6 Å². The minimum absolute atomic E-state index is 0.155. The molecule has 1 N–H and O–H groups in total. The Balaban J connectivity index is 2.04. The summed E-state index contributed by atoms with van der Waals surface area (Å²) in [5.74, 6) is -0.989. The van der Waals surface area contributed by atoms with E-state index in [0.29, 0.717) is 11.4 Å². The SMILES string of the molecule is Fc1ccc(F)c(-c2cc(-c3cccnc3)n[nH]2)c1. The maximum Gasteiger partial charge on any atom is 0.132 e. The molecule has 94 valence electrons. The molecule has 5 heteroatoms. The molecule has 3 rings (SSSR count). The molecular weight excluding hydrogens is 248 g/mol. The van der Waals surface area contributed by atoms with E-state index in [4.69, 9.17) is 0 Å². The van der Waals surface area contributed by atoms with E-state index in [1.165, 1.54) is 0 Å². The maximum absolute atomic E-state index is 13.6. The van der Waals surface area contributed by atoms with E-state index in [9.17, 15) is 8.78 Å². The zero-order chi connectivity index (χ0) is 13.2. The number of nitrogens with one attached hydrogen (secondary N) is 1. The molecule has 0 radical (unpaired) electrons. The highest BCUT2D eigenvalue weighted by molar-refractivity contribution is 5.67. The molecule has 0 fully saturated rings. The second-order valence-electron chi connectivity index (χ2n) is 4.03. The van der Waals surface area contributed by atoms with Gasteiger partial charge in [0.2, 0.25) is 0 Å². The van der Waals surface area contributed by atoms with Crippen LogP contribution in [-0.4, -0.2) is 15.2 Å². The summed E-state index contributed by atoms with van der Waals surface area (Å²) in [6.45, 7) is 0. The van der Waals surface area contributed by atoms with Gasteiger partial charge in [-0.05, 0) is 36.4 Å². The van der Waals surface area contributed by atoms with Crippen molar-refractivity contribution in [1.82, 2.24) is 15.2 Å². The molecule has 19 heavy (non-hydrogen) atoms. The summed E-state index contributed by atoms with van der Waals surface area (Å²) >= 11 is 0. The number of halogens is 2. The van der Waals surface area contributed by atoms with Crippen molar-refractivity contribution in [3.63, 3.8) is 0 Å². The number of nitrogens with zero attached hydrogens (tertiary/aromatic N) is 2. The van der Waals surface area contributed by atoms with E-state index in [1.807, 2.05) is 6.07 Å². The Morgan fingerprint density at radius 2 is 1.95 bits per heavy atom. The largest absolute Gasteiger partial charge is 0.277 e. The fourth-order valence-electron chi connectivity index (χ4n) is 1.83. The molecule has 0 spiro atoms. The number of hydrogen-bond donors (Lipinski definition) is 1. The fraction of sp³-hybridized carbons (Fsp3) is 0. The topological polar surface area (TPSA) is 41.6 Å². The Morgan fingerprint density at radius 3 is 2.74 bits per heavy atom. The molecule has 0 atom stereocenters. The average molecular weight is 257 g/mol. The standard InChI is InChI=1S/C14H9F2N3/c15-10-3-4-12(16)11(6-10)14-7-13(18-19-14)9-2-1-5-17-8-9/h1-8H,(H,18,19). The highest BCUT2D eigenvalue weighted by Crippen LogP contribution is 2.25. The van der Waals surface area contributed by atoms with Crippen molar-refractivity contribution in [3.8, 4) is 22.5 Å². The molecule has 2 heterocycles. The lowest BCUT2D eigenvalue weighted by atomic mass is 10.1. The molecule has 1 aromatic carbocycles. The van der Waals surface area contributed by atoms with Gasteiger partial charge in [-0.1, -0.05) is 0 Å². The third-order valence-corrected chi connectivity index (χ3v) is 2.75. The van der Waals surface area contributed by atoms with Gasteiger partial charge in [-0.15, -0.1) is 0 Å². The summed E-state index contributed by atoms with van der Waals surface area (Å²) < 4.78 is 26.8. The van der Waals surface area contributed by atoms with Crippen LogP contribution in [0.5, 0.6) is 0 Å². The minimum Gasteiger partial charge on any atom is -0.277 e. The van der Waals surface area contributed by atoms with Crippen molar-refractivity contribution in [2.75, 3.05) is 0 Å². The van der Waals surface area contributed by atoms with Gasteiger partial charge in [-0.2, -0.15) is 5.10 Å². The van der Waals surface area contributed by atoms with Gasteiger partial charge in [0.05, 0.1) is 11.4 Å². The van der Waals surface area contributed by atoms with Crippen LogP contribution in [-0.2, 0) is 0 Å². The number of H-pyrrole nitrogens is 1. The van der Waals surface area contributed by atoms with E-state index >= 15 is 0 Å². The van der Waals surface area contributed by atoms with E-state index in [2.05, 4.69) is 15.2 Å². The van der Waals surface area contributed by atoms with Gasteiger partial charge >= 0.3 is 0 Å². The lowest BCUT2D eigenvalue weighted by Gasteiger charge is -1.99. The predicted molar refractivity (Wildman–Crippen MR) is 67.2 cm³/mol. The lowest BCUT2D eigenvalue weighted by molar-refractivity contribution is 0.602. The van der Waals surface area contributed by atoms with Gasteiger partial charge in [0.25, 0.3) is 0 Å². The van der Waals surface area contributed by atoms with Gasteiger partial charge in [0, 0.05) is 23.5 Å². The highest BCUT2D eigenvalue weighted by atomic mass is 19.1. The summed E-state index contributed by atoms with van der Waals surface area (Å²) in [5, 5.41) is 6.78. The number of aromatic amines is 1. The molecule has 0 aliphatic rings. The Bertz CT molecular complexity index is 708. The quantitative estimate of drug-likeness (QED) is 0.764. The smallest absolute Gasteiger partial charge is 0.132 e. The number of aromatic nitrogens is 3. The summed E-state index contributed by atoms with van der Waals surface area (Å²) in [5.41, 5.74) is 2.02. The monoisotopic (exact) mass is 257 g/mol. The van der Waals surface area contributed by atoms with Gasteiger partial charge in [-0.25, -0.2) is 8.78 Å². The van der Waals surface area contributed by atoms with Crippen LogP contribution in [0.15, 0.2) is 48.8 Å². The first-order chi connectivity index (χ1) is 9.24. The number of rotatable bonds is 2. The van der Waals surface area contributed by atoms with Crippen LogP contribution in [0.4, 0.5) is 8.78 Å². The molecule has 0 saturated carbocycles. The van der Waals surface area contributed by atoms with E-state index in [1.54, 1.807) is 24.5 Å². The zero-order valence-electron chi connectivity index (χ0n) is 9.77. The van der Waals surface area contributed by atoms with Crippen molar-refractivity contribution < 1.29 is 8.78 Å². The van der Waals surface area contributed by atoms with Crippen LogP contribution in [0.1, 0.15) is 0 Å². The molecule has 0 aliphatic carbocycles. The lowest BCUT2D eigenvalue weighted by Crippen LogP contribution is -1.86. The fourth-order valence-corrected chi connectivity index (χ4v) is 1.83. The van der Waals surface area contributed by atoms with Crippen molar-refractivity contribution in [2.45, 2.75) is 0 Å². The molecule has 0 bridgehead atoms. The minimum atomic E-state index is -0.497. The third-order valence-electron chi connectivity index (χ3n) is 2.75. The van der Waals surface area contributed by atoms with Crippen molar-refractivity contribution >= 4 is 0 Å². The molecular formula is C14H9F2N3. The van der Waals surface area contributed by atoms with Crippen LogP contribution in [0.3, 0.4) is 0 Å². The normalized spacial score (nSPS) is 10.6. The first kappa shape index (κ1) is 11.5. The molecule has 2 aromatic heterocycles. The zero-order valence-corrected chi connectivity index (χ0v) is 9.77. The number of benzene rings is 1. The van der Waals surface area contributed by atoms with E-state index in [0.717, 1.165) is 23.8 Å². The first-order valence-corrected chi connectivity index (χ1v) is 5.65. The van der Waals surface area contributed by atoms with Gasteiger partial charge in [-0.3, -0.25) is 10.1 Å². The molecule has 0 unspecified atom stereocenters. The Kier molecular flexibility index (Phi) is 2.79. The molecule has 0 saturated heterocycles. The Labute approximate surface area is 107 Å². The second kappa shape index (κ2) is 4.61. The summed E-state index contributed by atoms with van der Waals surface area (Å²) in [6.07, 6.45) is 3.31. The Hall–Kier alpha value is -2.56. The Morgan fingerprint density at radius 1 is 1.05 bits per heavy atom. The van der Waals surface area contributed by atoms with Crippen LogP contribution >= 0.6 is 0 Å². The number of pyridine rings is 1. The van der Waals surface area contributed by atoms with Crippen molar-refractivity contribution in [1.29, 1.82) is 0 Å².